The van der Waals surface area contributed by atoms with Crippen LogP contribution >= 0.6 is 0 Å². The minimum Gasteiger partial charge on any atom is -0.478 e. The highest BCUT2D eigenvalue weighted by Crippen LogP contribution is 2.14. The van der Waals surface area contributed by atoms with Crippen LogP contribution in [-0.4, -0.2) is 42.4 Å². The number of pyridine rings is 1. The van der Waals surface area contributed by atoms with E-state index in [0.29, 0.717) is 18.9 Å². The van der Waals surface area contributed by atoms with E-state index in [0.717, 1.165) is 18.9 Å². The Bertz CT molecular complexity index is 407. The van der Waals surface area contributed by atoms with Crippen molar-refractivity contribution in [3.8, 4) is 0 Å². The third kappa shape index (κ3) is 3.70. The molecule has 5 nitrogen and oxygen atoms in total. The van der Waals surface area contributed by atoms with Crippen LogP contribution in [0.25, 0.3) is 0 Å². The van der Waals surface area contributed by atoms with Crippen molar-refractivity contribution >= 4 is 11.8 Å². The van der Waals surface area contributed by atoms with E-state index < -0.39 is 5.97 Å². The number of rotatable bonds is 7. The van der Waals surface area contributed by atoms with E-state index in [4.69, 9.17) is 9.84 Å². The van der Waals surface area contributed by atoms with Gasteiger partial charge in [-0.1, -0.05) is 0 Å². The third-order valence-corrected chi connectivity index (χ3v) is 2.72. The molecule has 0 aliphatic heterocycles. The van der Waals surface area contributed by atoms with Gasteiger partial charge in [-0.05, 0) is 32.9 Å². The third-order valence-electron chi connectivity index (χ3n) is 2.72. The number of aromatic nitrogens is 1. The van der Waals surface area contributed by atoms with Crippen molar-refractivity contribution in [1.82, 2.24) is 4.98 Å². The molecule has 0 aliphatic carbocycles. The number of carboxylic acid groups (broad SMARTS) is 1. The van der Waals surface area contributed by atoms with Gasteiger partial charge in [0, 0.05) is 19.7 Å². The molecule has 1 aromatic heterocycles. The Hall–Kier alpha value is -1.62. The number of anilines is 1. The van der Waals surface area contributed by atoms with Crippen LogP contribution in [0.1, 0.15) is 29.9 Å². The van der Waals surface area contributed by atoms with Crippen LogP contribution < -0.4 is 4.90 Å². The van der Waals surface area contributed by atoms with E-state index >= 15 is 0 Å². The number of aromatic carboxylic acids is 1. The highest BCUT2D eigenvalue weighted by Gasteiger charge is 2.11. The topological polar surface area (TPSA) is 62.7 Å². The Morgan fingerprint density at radius 1 is 1.44 bits per heavy atom. The Morgan fingerprint density at radius 2 is 2.17 bits per heavy atom. The first-order chi connectivity index (χ1) is 8.60. The lowest BCUT2D eigenvalue weighted by atomic mass is 10.2. The smallest absolute Gasteiger partial charge is 0.337 e. The molecule has 5 heteroatoms. The summed E-state index contributed by atoms with van der Waals surface area (Å²) >= 11 is 0. The fourth-order valence-electron chi connectivity index (χ4n) is 1.70. The van der Waals surface area contributed by atoms with Crippen molar-refractivity contribution in [2.24, 2.45) is 0 Å². The predicted molar refractivity (Wildman–Crippen MR) is 70.3 cm³/mol. The van der Waals surface area contributed by atoms with E-state index in [1.165, 1.54) is 0 Å². The van der Waals surface area contributed by atoms with E-state index in [-0.39, 0.29) is 5.56 Å². The van der Waals surface area contributed by atoms with Crippen LogP contribution in [-0.2, 0) is 4.74 Å². The van der Waals surface area contributed by atoms with Gasteiger partial charge in [-0.15, -0.1) is 0 Å². The number of likely N-dealkylation sites (N-methyl/N-ethyl adjacent to an activating group) is 1. The summed E-state index contributed by atoms with van der Waals surface area (Å²) in [5.41, 5.74) is 0.787. The number of aryl methyl sites for hydroxylation is 1. The number of hydrogen-bond donors (Lipinski definition) is 1. The molecule has 0 aliphatic rings. The fourth-order valence-corrected chi connectivity index (χ4v) is 1.70. The van der Waals surface area contributed by atoms with Gasteiger partial charge in [0.25, 0.3) is 0 Å². The second-order valence-electron chi connectivity index (χ2n) is 3.88. The highest BCUT2D eigenvalue weighted by molar-refractivity contribution is 5.89. The van der Waals surface area contributed by atoms with Crippen LogP contribution in [0.4, 0.5) is 5.82 Å². The number of carboxylic acids is 1. The molecule has 0 saturated carbocycles. The van der Waals surface area contributed by atoms with Crippen LogP contribution in [0.5, 0.6) is 0 Å². The summed E-state index contributed by atoms with van der Waals surface area (Å²) in [6.45, 7) is 8.61. The van der Waals surface area contributed by atoms with Gasteiger partial charge < -0.3 is 14.7 Å². The normalized spacial score (nSPS) is 10.4. The summed E-state index contributed by atoms with van der Waals surface area (Å²) in [4.78, 5) is 17.3. The lowest BCUT2D eigenvalue weighted by Gasteiger charge is -2.22. The highest BCUT2D eigenvalue weighted by atomic mass is 16.5. The van der Waals surface area contributed by atoms with Crippen molar-refractivity contribution in [2.45, 2.75) is 20.8 Å². The molecular weight excluding hydrogens is 232 g/mol. The molecule has 1 aromatic rings. The van der Waals surface area contributed by atoms with E-state index in [2.05, 4.69) is 9.88 Å². The molecule has 0 fully saturated rings. The largest absolute Gasteiger partial charge is 0.478 e. The van der Waals surface area contributed by atoms with Gasteiger partial charge >= 0.3 is 5.97 Å². The van der Waals surface area contributed by atoms with E-state index in [1.54, 1.807) is 19.1 Å². The number of carbonyl (C=O) groups is 1. The maximum atomic E-state index is 10.9. The first-order valence-electron chi connectivity index (χ1n) is 6.13. The van der Waals surface area contributed by atoms with Gasteiger partial charge in [0.15, 0.2) is 0 Å². The van der Waals surface area contributed by atoms with Crippen molar-refractivity contribution in [2.75, 3.05) is 31.2 Å². The summed E-state index contributed by atoms with van der Waals surface area (Å²) < 4.78 is 5.32. The monoisotopic (exact) mass is 252 g/mol. The second-order valence-corrected chi connectivity index (χ2v) is 3.88. The summed E-state index contributed by atoms with van der Waals surface area (Å²) in [5, 5.41) is 8.95. The minimum absolute atomic E-state index is 0.250. The SMILES string of the molecule is CCOCCN(CC)c1ccc(C(=O)O)c(C)n1. The standard InChI is InChI=1S/C13H20N2O3/c1-4-15(8-9-18-5-2)12-7-6-11(13(16)17)10(3)14-12/h6-7H,4-5,8-9H2,1-3H3,(H,16,17). The molecule has 1 heterocycles. The fraction of sp³-hybridized carbons (Fsp3) is 0.538. The van der Waals surface area contributed by atoms with Gasteiger partial charge in [-0.2, -0.15) is 0 Å². The first-order valence-corrected chi connectivity index (χ1v) is 6.13. The first kappa shape index (κ1) is 14.4. The molecule has 0 radical (unpaired) electrons. The Morgan fingerprint density at radius 3 is 2.67 bits per heavy atom. The Balaban J connectivity index is 2.80. The Kier molecular flexibility index (Phi) is 5.58. The molecule has 0 saturated heterocycles. The molecule has 18 heavy (non-hydrogen) atoms. The number of ether oxygens (including phenoxy) is 1. The zero-order valence-corrected chi connectivity index (χ0v) is 11.1. The molecule has 0 amide bonds. The predicted octanol–water partition coefficient (Wildman–Crippen LogP) is 1.95. The van der Waals surface area contributed by atoms with E-state index in [9.17, 15) is 4.79 Å². The molecule has 1 rings (SSSR count). The minimum atomic E-state index is -0.941. The Labute approximate surface area is 107 Å². The van der Waals surface area contributed by atoms with Crippen molar-refractivity contribution in [3.05, 3.63) is 23.4 Å². The van der Waals surface area contributed by atoms with Gasteiger partial charge in [-0.3, -0.25) is 0 Å². The molecule has 1 N–H and O–H groups in total. The molecule has 0 atom stereocenters. The summed E-state index contributed by atoms with van der Waals surface area (Å²) in [6, 6.07) is 3.34. The van der Waals surface area contributed by atoms with Gasteiger partial charge in [-0.25, -0.2) is 9.78 Å². The summed E-state index contributed by atoms with van der Waals surface area (Å²) in [7, 11) is 0. The summed E-state index contributed by atoms with van der Waals surface area (Å²) in [5.74, 6) is -0.149. The summed E-state index contributed by atoms with van der Waals surface area (Å²) in [6.07, 6.45) is 0. The maximum absolute atomic E-state index is 10.9. The van der Waals surface area contributed by atoms with E-state index in [1.807, 2.05) is 13.8 Å². The zero-order chi connectivity index (χ0) is 13.5. The quantitative estimate of drug-likeness (QED) is 0.751. The number of hydrogen-bond acceptors (Lipinski definition) is 4. The van der Waals surface area contributed by atoms with Crippen LogP contribution in [0, 0.1) is 6.92 Å². The lowest BCUT2D eigenvalue weighted by Crippen LogP contribution is -2.28. The molecular formula is C13H20N2O3. The van der Waals surface area contributed by atoms with Crippen molar-refractivity contribution < 1.29 is 14.6 Å². The van der Waals surface area contributed by atoms with Crippen molar-refractivity contribution in [3.63, 3.8) is 0 Å². The van der Waals surface area contributed by atoms with Gasteiger partial charge in [0.05, 0.1) is 17.9 Å². The average molecular weight is 252 g/mol. The molecule has 0 spiro atoms. The molecule has 100 valence electrons. The zero-order valence-electron chi connectivity index (χ0n) is 11.1. The van der Waals surface area contributed by atoms with Gasteiger partial charge in [0.1, 0.15) is 5.82 Å². The van der Waals surface area contributed by atoms with Gasteiger partial charge in [0.2, 0.25) is 0 Å². The number of nitrogens with zero attached hydrogens (tertiary/aromatic N) is 2. The molecule has 0 bridgehead atoms. The molecule has 0 unspecified atom stereocenters. The second kappa shape index (κ2) is 6.96. The lowest BCUT2D eigenvalue weighted by molar-refractivity contribution is 0.0695. The maximum Gasteiger partial charge on any atom is 0.337 e. The van der Waals surface area contributed by atoms with Crippen LogP contribution in [0.2, 0.25) is 0 Å². The van der Waals surface area contributed by atoms with Crippen molar-refractivity contribution in [1.29, 1.82) is 0 Å². The molecule has 0 aromatic carbocycles. The average Bonchev–Trinajstić information content (AvgIpc) is 2.34. The van der Waals surface area contributed by atoms with Crippen LogP contribution in [0.15, 0.2) is 12.1 Å². The van der Waals surface area contributed by atoms with Crippen LogP contribution in [0.3, 0.4) is 0 Å².